The first-order valence-corrected chi connectivity index (χ1v) is 10.2. The number of pyridine rings is 2. The van der Waals surface area contributed by atoms with Crippen LogP contribution in [0.5, 0.6) is 0 Å². The minimum absolute atomic E-state index is 0.165. The summed E-state index contributed by atoms with van der Waals surface area (Å²) in [5, 5.41) is 5.57. The van der Waals surface area contributed by atoms with Gasteiger partial charge < -0.3 is 15.2 Å². The lowest BCUT2D eigenvalue weighted by Crippen LogP contribution is -2.27. The molecule has 0 fully saturated rings. The predicted octanol–water partition coefficient (Wildman–Crippen LogP) is 4.04. The van der Waals surface area contributed by atoms with Gasteiger partial charge in [-0.15, -0.1) is 0 Å². The molecule has 2 heterocycles. The Morgan fingerprint density at radius 2 is 1.79 bits per heavy atom. The fourth-order valence-electron chi connectivity index (χ4n) is 3.46. The molecule has 2 aromatic carbocycles. The molecule has 2 aromatic heterocycles. The van der Waals surface area contributed by atoms with Crippen molar-refractivity contribution >= 4 is 34.2 Å². The van der Waals surface area contributed by atoms with E-state index in [4.69, 9.17) is 0 Å². The number of fused-ring (bicyclic) bond motifs is 1. The number of hydrogen-bond donors (Lipinski definition) is 2. The van der Waals surface area contributed by atoms with Gasteiger partial charge >= 0.3 is 0 Å². The number of para-hydroxylation sites is 1. The first-order chi connectivity index (χ1) is 15.8. The molecule has 0 saturated carbocycles. The molecule has 0 aliphatic heterocycles. The minimum Gasteiger partial charge on any atom is -0.324 e. The Hall–Kier alpha value is -4.33. The average molecular weight is 444 g/mol. The van der Waals surface area contributed by atoms with E-state index in [1.807, 2.05) is 25.1 Å². The van der Waals surface area contributed by atoms with Crippen LogP contribution < -0.4 is 16.1 Å². The van der Waals surface area contributed by atoms with Crippen LogP contribution in [0, 0.1) is 19.7 Å². The molecule has 8 heteroatoms. The van der Waals surface area contributed by atoms with E-state index in [1.54, 1.807) is 25.1 Å². The summed E-state index contributed by atoms with van der Waals surface area (Å²) in [6.45, 7) is 3.48. The summed E-state index contributed by atoms with van der Waals surface area (Å²) in [6.07, 6.45) is 1.31. The number of aryl methyl sites for hydroxylation is 2. The molecule has 7 nitrogen and oxygen atoms in total. The van der Waals surface area contributed by atoms with Gasteiger partial charge in [-0.2, -0.15) is 0 Å². The van der Waals surface area contributed by atoms with Gasteiger partial charge in [0.1, 0.15) is 23.6 Å². The Balaban J connectivity index is 1.72. The van der Waals surface area contributed by atoms with Crippen LogP contribution in [0.25, 0.3) is 11.0 Å². The Kier molecular flexibility index (Phi) is 5.99. The van der Waals surface area contributed by atoms with E-state index < -0.39 is 17.2 Å². The number of hydrogen-bond acceptors (Lipinski definition) is 4. The van der Waals surface area contributed by atoms with Gasteiger partial charge in [-0.1, -0.05) is 24.3 Å². The van der Waals surface area contributed by atoms with Gasteiger partial charge in [-0.05, 0) is 55.8 Å². The summed E-state index contributed by atoms with van der Waals surface area (Å²) in [5.74, 6) is -1.56. The molecule has 0 unspecified atom stereocenters. The Morgan fingerprint density at radius 1 is 1.00 bits per heavy atom. The van der Waals surface area contributed by atoms with E-state index >= 15 is 0 Å². The average Bonchev–Trinajstić information content (AvgIpc) is 2.77. The largest absolute Gasteiger partial charge is 0.324 e. The molecule has 2 amide bonds. The topological polar surface area (TPSA) is 93.1 Å². The van der Waals surface area contributed by atoms with Crippen LogP contribution in [0.2, 0.25) is 0 Å². The number of nitrogens with one attached hydrogen (secondary N) is 2. The van der Waals surface area contributed by atoms with Crippen LogP contribution in [-0.2, 0) is 11.3 Å². The second kappa shape index (κ2) is 9.04. The second-order valence-electron chi connectivity index (χ2n) is 7.65. The maximum Gasteiger partial charge on any atom is 0.261 e. The lowest BCUT2D eigenvalue weighted by Gasteiger charge is -2.14. The van der Waals surface area contributed by atoms with Gasteiger partial charge in [0.2, 0.25) is 11.3 Å². The van der Waals surface area contributed by atoms with Gasteiger partial charge in [-0.3, -0.25) is 14.4 Å². The number of anilines is 2. The summed E-state index contributed by atoms with van der Waals surface area (Å²) < 4.78 is 15.0. The van der Waals surface area contributed by atoms with Crippen molar-refractivity contribution in [1.29, 1.82) is 0 Å². The van der Waals surface area contributed by atoms with Crippen molar-refractivity contribution in [3.05, 3.63) is 99.7 Å². The third kappa shape index (κ3) is 4.79. The Morgan fingerprint density at radius 3 is 2.55 bits per heavy atom. The summed E-state index contributed by atoms with van der Waals surface area (Å²) in [5.41, 5.74) is 2.03. The summed E-state index contributed by atoms with van der Waals surface area (Å²) in [6, 6.07) is 16.0. The van der Waals surface area contributed by atoms with Gasteiger partial charge in [0.15, 0.2) is 0 Å². The minimum atomic E-state index is -0.707. The standard InChI is InChI=1S/C25H21FN4O3/c1-15-6-3-4-9-21(15)29-22(31)14-30-13-20(23(32)19-11-10-16(2)27-24(19)30)25(33)28-18-8-5-7-17(26)12-18/h3-13H,14H2,1-2H3,(H,28,33)(H,29,31). The van der Waals surface area contributed by atoms with Crippen molar-refractivity contribution in [2.24, 2.45) is 0 Å². The van der Waals surface area contributed by atoms with Crippen LogP contribution in [0.1, 0.15) is 21.6 Å². The van der Waals surface area contributed by atoms with Crippen molar-refractivity contribution in [3.63, 3.8) is 0 Å². The zero-order valence-corrected chi connectivity index (χ0v) is 18.1. The SMILES string of the molecule is Cc1ccc2c(=O)c(C(=O)Nc3cccc(F)c3)cn(CC(=O)Nc3ccccc3C)c2n1. The molecule has 33 heavy (non-hydrogen) atoms. The molecule has 0 spiro atoms. The molecule has 2 N–H and O–H groups in total. The number of benzene rings is 2. The lowest BCUT2D eigenvalue weighted by molar-refractivity contribution is -0.116. The predicted molar refractivity (Wildman–Crippen MR) is 125 cm³/mol. The van der Waals surface area contributed by atoms with Crippen molar-refractivity contribution in [1.82, 2.24) is 9.55 Å². The van der Waals surface area contributed by atoms with E-state index in [2.05, 4.69) is 15.6 Å². The van der Waals surface area contributed by atoms with E-state index in [-0.39, 0.29) is 29.1 Å². The molecule has 0 saturated heterocycles. The van der Waals surface area contributed by atoms with E-state index in [0.29, 0.717) is 17.0 Å². The molecule has 166 valence electrons. The molecular formula is C25H21FN4O3. The van der Waals surface area contributed by atoms with Crippen LogP contribution in [0.3, 0.4) is 0 Å². The highest BCUT2D eigenvalue weighted by Gasteiger charge is 2.18. The number of amides is 2. The van der Waals surface area contributed by atoms with Crippen molar-refractivity contribution in [3.8, 4) is 0 Å². The molecule has 0 aliphatic rings. The van der Waals surface area contributed by atoms with Crippen LogP contribution in [0.15, 0.2) is 71.7 Å². The maximum absolute atomic E-state index is 13.5. The molecule has 4 rings (SSSR count). The smallest absolute Gasteiger partial charge is 0.261 e. The quantitative estimate of drug-likeness (QED) is 0.486. The number of carbonyl (C=O) groups excluding carboxylic acids is 2. The molecule has 0 aliphatic carbocycles. The second-order valence-corrected chi connectivity index (χ2v) is 7.65. The number of aromatic nitrogens is 2. The van der Waals surface area contributed by atoms with E-state index in [0.717, 1.165) is 11.6 Å². The highest BCUT2D eigenvalue weighted by molar-refractivity contribution is 6.05. The zero-order valence-electron chi connectivity index (χ0n) is 18.1. The lowest BCUT2D eigenvalue weighted by atomic mass is 10.1. The summed E-state index contributed by atoms with van der Waals surface area (Å²) in [4.78, 5) is 43.1. The maximum atomic E-state index is 13.5. The number of halogens is 1. The fraction of sp³-hybridized carbons (Fsp3) is 0.120. The van der Waals surface area contributed by atoms with Crippen LogP contribution >= 0.6 is 0 Å². The van der Waals surface area contributed by atoms with Crippen molar-refractivity contribution < 1.29 is 14.0 Å². The van der Waals surface area contributed by atoms with Gasteiger partial charge in [-0.25, -0.2) is 9.37 Å². The molecule has 0 radical (unpaired) electrons. The third-order valence-electron chi connectivity index (χ3n) is 5.12. The van der Waals surface area contributed by atoms with Crippen LogP contribution in [0.4, 0.5) is 15.8 Å². The van der Waals surface area contributed by atoms with E-state index in [9.17, 15) is 18.8 Å². The first-order valence-electron chi connectivity index (χ1n) is 10.2. The van der Waals surface area contributed by atoms with Crippen molar-refractivity contribution in [2.75, 3.05) is 10.6 Å². The monoisotopic (exact) mass is 444 g/mol. The highest BCUT2D eigenvalue weighted by Crippen LogP contribution is 2.16. The number of nitrogens with zero attached hydrogens (tertiary/aromatic N) is 2. The number of carbonyl (C=O) groups is 2. The Labute approximate surface area is 188 Å². The Bertz CT molecular complexity index is 1450. The van der Waals surface area contributed by atoms with Crippen LogP contribution in [-0.4, -0.2) is 21.4 Å². The molecule has 0 bridgehead atoms. The summed E-state index contributed by atoms with van der Waals surface area (Å²) in [7, 11) is 0. The number of rotatable bonds is 5. The highest BCUT2D eigenvalue weighted by atomic mass is 19.1. The van der Waals surface area contributed by atoms with E-state index in [1.165, 1.54) is 29.0 Å². The first kappa shape index (κ1) is 21.9. The van der Waals surface area contributed by atoms with Crippen molar-refractivity contribution in [2.45, 2.75) is 20.4 Å². The summed E-state index contributed by atoms with van der Waals surface area (Å²) >= 11 is 0. The van der Waals surface area contributed by atoms with Gasteiger partial charge in [0.25, 0.3) is 5.91 Å². The zero-order chi connectivity index (χ0) is 23.5. The molecule has 0 atom stereocenters. The fourth-order valence-corrected chi connectivity index (χ4v) is 3.46. The normalized spacial score (nSPS) is 10.8. The van der Waals surface area contributed by atoms with Gasteiger partial charge in [0, 0.05) is 23.3 Å². The van der Waals surface area contributed by atoms with Gasteiger partial charge in [0.05, 0.1) is 5.39 Å². The third-order valence-corrected chi connectivity index (χ3v) is 5.12. The molecule has 4 aromatic rings. The molecular weight excluding hydrogens is 423 g/mol.